The van der Waals surface area contributed by atoms with E-state index in [4.69, 9.17) is 11.6 Å². The summed E-state index contributed by atoms with van der Waals surface area (Å²) >= 11 is 9.14. The van der Waals surface area contributed by atoms with Gasteiger partial charge in [-0.1, -0.05) is 11.6 Å². The molecule has 0 heterocycles. The van der Waals surface area contributed by atoms with Crippen molar-refractivity contribution >= 4 is 29.3 Å². The predicted octanol–water partition coefficient (Wildman–Crippen LogP) is 3.74. The summed E-state index contributed by atoms with van der Waals surface area (Å²) in [6.45, 7) is 1.21. The van der Waals surface area contributed by atoms with Crippen LogP contribution in [0.3, 0.4) is 0 Å². The second-order valence-corrected chi connectivity index (χ2v) is 3.69. The first kappa shape index (κ1) is 12.4. The highest BCUT2D eigenvalue weighted by molar-refractivity contribution is 7.97. The van der Waals surface area contributed by atoms with Gasteiger partial charge in [-0.25, -0.2) is 0 Å². The van der Waals surface area contributed by atoms with E-state index in [0.717, 1.165) is 12.1 Å². The highest BCUT2D eigenvalue weighted by Crippen LogP contribution is 2.36. The monoisotopic (exact) mass is 254 g/mol. The quantitative estimate of drug-likeness (QED) is 0.756. The lowest BCUT2D eigenvalue weighted by Crippen LogP contribution is -2.09. The molecule has 0 bridgehead atoms. The first-order valence-electron chi connectivity index (χ1n) is 3.84. The number of alkyl halides is 3. The van der Waals surface area contributed by atoms with Crippen LogP contribution < -0.4 is 0 Å². The Morgan fingerprint density at radius 2 is 1.93 bits per heavy atom. The molecule has 15 heavy (non-hydrogen) atoms. The second-order valence-electron chi connectivity index (χ2n) is 2.90. The van der Waals surface area contributed by atoms with Gasteiger partial charge in [0.1, 0.15) is 0 Å². The van der Waals surface area contributed by atoms with Crippen LogP contribution in [-0.2, 0) is 6.18 Å². The molecule has 0 amide bonds. The summed E-state index contributed by atoms with van der Waals surface area (Å²) in [5.74, 6) is 0. The van der Waals surface area contributed by atoms with Gasteiger partial charge in [0, 0.05) is 5.56 Å². The zero-order chi connectivity index (χ0) is 11.8. The molecule has 6 heteroatoms. The molecule has 0 fully saturated rings. The molecular weight excluding hydrogens is 249 g/mol. The fourth-order valence-corrected chi connectivity index (χ4v) is 1.66. The van der Waals surface area contributed by atoms with Crippen LogP contribution >= 0.6 is 24.2 Å². The summed E-state index contributed by atoms with van der Waals surface area (Å²) in [6, 6.07) is 1.85. The largest absolute Gasteiger partial charge is 0.416 e. The summed E-state index contributed by atoms with van der Waals surface area (Å²) in [6.07, 6.45) is -4.47. The van der Waals surface area contributed by atoms with Gasteiger partial charge in [-0.3, -0.25) is 4.79 Å². The van der Waals surface area contributed by atoms with Crippen molar-refractivity contribution in [2.75, 3.05) is 0 Å². The number of hydrogen-bond donors (Lipinski definition) is 1. The van der Waals surface area contributed by atoms with Crippen LogP contribution in [-0.4, -0.2) is 5.12 Å². The molecule has 0 aliphatic rings. The van der Waals surface area contributed by atoms with Crippen molar-refractivity contribution in [1.82, 2.24) is 0 Å². The number of halogens is 4. The van der Waals surface area contributed by atoms with E-state index in [9.17, 15) is 18.0 Å². The van der Waals surface area contributed by atoms with E-state index in [2.05, 4.69) is 12.6 Å². The van der Waals surface area contributed by atoms with Crippen LogP contribution in [0.5, 0.6) is 0 Å². The smallest absolute Gasteiger partial charge is 0.282 e. The maximum atomic E-state index is 12.4. The average Bonchev–Trinajstić information content (AvgIpc) is 2.06. The highest BCUT2D eigenvalue weighted by Gasteiger charge is 2.33. The third-order valence-corrected chi connectivity index (χ3v) is 2.65. The Kier molecular flexibility index (Phi) is 3.35. The zero-order valence-corrected chi connectivity index (χ0v) is 9.17. The molecule has 0 aromatic heterocycles. The van der Waals surface area contributed by atoms with Crippen molar-refractivity contribution in [2.24, 2.45) is 0 Å². The Morgan fingerprint density at radius 1 is 1.40 bits per heavy atom. The summed E-state index contributed by atoms with van der Waals surface area (Å²) in [7, 11) is 0. The van der Waals surface area contributed by atoms with Crippen molar-refractivity contribution in [1.29, 1.82) is 0 Å². The Balaban J connectivity index is 3.41. The fourth-order valence-electron chi connectivity index (χ4n) is 1.16. The second kappa shape index (κ2) is 4.06. The highest BCUT2D eigenvalue weighted by atomic mass is 35.5. The van der Waals surface area contributed by atoms with Crippen molar-refractivity contribution in [3.05, 3.63) is 33.8 Å². The molecule has 1 aromatic carbocycles. The first-order valence-corrected chi connectivity index (χ1v) is 4.67. The van der Waals surface area contributed by atoms with E-state index in [0.29, 0.717) is 0 Å². The van der Waals surface area contributed by atoms with E-state index in [1.807, 2.05) is 0 Å². The third-order valence-electron chi connectivity index (χ3n) is 1.92. The summed E-state index contributed by atoms with van der Waals surface area (Å²) in [5, 5.41) is -0.860. The van der Waals surface area contributed by atoms with E-state index >= 15 is 0 Å². The van der Waals surface area contributed by atoms with Gasteiger partial charge in [0.15, 0.2) is 0 Å². The Hall–Kier alpha value is -0.680. The molecule has 1 nitrogen and oxygen atoms in total. The van der Waals surface area contributed by atoms with Crippen LogP contribution in [0.1, 0.15) is 21.5 Å². The molecule has 1 rings (SSSR count). The van der Waals surface area contributed by atoms with Gasteiger partial charge >= 0.3 is 6.18 Å². The normalized spacial score (nSPS) is 11.6. The fraction of sp³-hybridized carbons (Fsp3) is 0.222. The van der Waals surface area contributed by atoms with Gasteiger partial charge in [-0.2, -0.15) is 13.2 Å². The van der Waals surface area contributed by atoms with Gasteiger partial charge in [0.05, 0.1) is 10.6 Å². The topological polar surface area (TPSA) is 17.1 Å². The third kappa shape index (κ3) is 2.46. The van der Waals surface area contributed by atoms with Crippen LogP contribution in [0.25, 0.3) is 0 Å². The summed E-state index contributed by atoms with van der Waals surface area (Å²) in [4.78, 5) is 10.9. The lowest BCUT2D eigenvalue weighted by Gasteiger charge is -2.12. The molecule has 0 aliphatic heterocycles. The summed E-state index contributed by atoms with van der Waals surface area (Å²) < 4.78 is 37.2. The molecule has 0 N–H and O–H groups in total. The van der Waals surface area contributed by atoms with Crippen LogP contribution in [0.4, 0.5) is 13.2 Å². The van der Waals surface area contributed by atoms with Crippen molar-refractivity contribution in [3.63, 3.8) is 0 Å². The maximum Gasteiger partial charge on any atom is 0.416 e. The molecule has 0 atom stereocenters. The molecule has 0 saturated carbocycles. The first-order chi connectivity index (χ1) is 6.75. The van der Waals surface area contributed by atoms with Crippen LogP contribution in [0, 0.1) is 6.92 Å². The molecule has 0 saturated heterocycles. The minimum absolute atomic E-state index is 0.0227. The standard InChI is InChI=1S/C9H6ClF3OS/c1-4-6(9(11,12)13)3-2-5(7(4)10)8(14)15/h2-3H,1H3,(H,14,15). The van der Waals surface area contributed by atoms with Crippen molar-refractivity contribution in [2.45, 2.75) is 13.1 Å². The molecule has 0 unspecified atom stereocenters. The molecule has 0 aliphatic carbocycles. The van der Waals surface area contributed by atoms with Crippen molar-refractivity contribution < 1.29 is 18.0 Å². The predicted molar refractivity (Wildman–Crippen MR) is 54.5 cm³/mol. The molecular formula is C9H6ClF3OS. The average molecular weight is 255 g/mol. The Morgan fingerprint density at radius 3 is 2.33 bits per heavy atom. The lowest BCUT2D eigenvalue weighted by molar-refractivity contribution is -0.138. The number of thiol groups is 1. The SMILES string of the molecule is Cc1c(C(F)(F)F)ccc(C(=O)S)c1Cl. The number of benzene rings is 1. The van der Waals surface area contributed by atoms with E-state index < -0.39 is 16.9 Å². The minimum Gasteiger partial charge on any atom is -0.282 e. The lowest BCUT2D eigenvalue weighted by atomic mass is 10.1. The van der Waals surface area contributed by atoms with Crippen molar-refractivity contribution in [3.8, 4) is 0 Å². The van der Waals surface area contributed by atoms with Gasteiger partial charge in [-0.05, 0) is 24.6 Å². The van der Waals surface area contributed by atoms with E-state index in [1.54, 1.807) is 0 Å². The van der Waals surface area contributed by atoms with Gasteiger partial charge in [0.25, 0.3) is 0 Å². The molecule has 82 valence electrons. The van der Waals surface area contributed by atoms with Gasteiger partial charge < -0.3 is 0 Å². The maximum absolute atomic E-state index is 12.4. The number of hydrogen-bond acceptors (Lipinski definition) is 1. The number of carbonyl (C=O) groups excluding carboxylic acids is 1. The Labute approximate surface area is 94.6 Å². The Bertz CT molecular complexity index is 415. The van der Waals surface area contributed by atoms with Gasteiger partial charge in [0.2, 0.25) is 5.12 Å². The minimum atomic E-state index is -4.47. The number of rotatable bonds is 1. The number of carbonyl (C=O) groups is 1. The molecule has 0 radical (unpaired) electrons. The van der Waals surface area contributed by atoms with Crippen LogP contribution in [0.2, 0.25) is 5.02 Å². The van der Waals surface area contributed by atoms with Gasteiger partial charge in [-0.15, -0.1) is 12.6 Å². The van der Waals surface area contributed by atoms with E-state index in [1.165, 1.54) is 6.92 Å². The summed E-state index contributed by atoms with van der Waals surface area (Å²) in [5.41, 5.74) is -1.03. The van der Waals surface area contributed by atoms with Crippen LogP contribution in [0.15, 0.2) is 12.1 Å². The molecule has 1 aromatic rings. The zero-order valence-electron chi connectivity index (χ0n) is 7.52. The van der Waals surface area contributed by atoms with E-state index in [-0.39, 0.29) is 16.1 Å². The molecule has 0 spiro atoms.